The zero-order valence-corrected chi connectivity index (χ0v) is 8.82. The molecule has 0 aromatic carbocycles. The van der Waals surface area contributed by atoms with Gasteiger partial charge in [0.1, 0.15) is 5.67 Å². The third-order valence-electron chi connectivity index (χ3n) is 2.61. The molecular formula is C10H20FN. The molecule has 0 radical (unpaired) electrons. The standard InChI is InChI=1S/C10H20FN/c1-8-6-10(5,11)7-12(8)9(2,3)4/h8H,6-7H2,1-5H3. The fraction of sp³-hybridized carbons (Fsp3) is 1.00. The predicted molar refractivity (Wildman–Crippen MR) is 50.1 cm³/mol. The molecule has 72 valence electrons. The molecule has 1 nitrogen and oxygen atoms in total. The van der Waals surface area contributed by atoms with Gasteiger partial charge in [-0.3, -0.25) is 4.90 Å². The molecule has 0 spiro atoms. The summed E-state index contributed by atoms with van der Waals surface area (Å²) in [4.78, 5) is 2.24. The maximum Gasteiger partial charge on any atom is 0.122 e. The summed E-state index contributed by atoms with van der Waals surface area (Å²) < 4.78 is 13.6. The zero-order valence-electron chi connectivity index (χ0n) is 8.82. The second kappa shape index (κ2) is 2.69. The highest BCUT2D eigenvalue weighted by molar-refractivity contribution is 4.96. The van der Waals surface area contributed by atoms with E-state index in [1.807, 2.05) is 0 Å². The number of halogens is 1. The van der Waals surface area contributed by atoms with Crippen LogP contribution >= 0.6 is 0 Å². The van der Waals surface area contributed by atoms with Gasteiger partial charge in [0.25, 0.3) is 0 Å². The molecule has 1 saturated heterocycles. The van der Waals surface area contributed by atoms with Gasteiger partial charge in [0.2, 0.25) is 0 Å². The van der Waals surface area contributed by atoms with E-state index in [9.17, 15) is 4.39 Å². The first-order chi connectivity index (χ1) is 5.22. The topological polar surface area (TPSA) is 3.24 Å². The second-order valence-corrected chi connectivity index (χ2v) is 5.27. The smallest absolute Gasteiger partial charge is 0.122 e. The Morgan fingerprint density at radius 2 is 1.92 bits per heavy atom. The third kappa shape index (κ3) is 1.98. The molecule has 1 rings (SSSR count). The van der Waals surface area contributed by atoms with Gasteiger partial charge in [-0.25, -0.2) is 4.39 Å². The van der Waals surface area contributed by atoms with Crippen molar-refractivity contribution in [3.63, 3.8) is 0 Å². The van der Waals surface area contributed by atoms with E-state index in [1.165, 1.54) is 0 Å². The van der Waals surface area contributed by atoms with Crippen molar-refractivity contribution in [2.24, 2.45) is 0 Å². The van der Waals surface area contributed by atoms with Crippen LogP contribution in [0.5, 0.6) is 0 Å². The Kier molecular flexibility index (Phi) is 2.24. The van der Waals surface area contributed by atoms with Gasteiger partial charge in [-0.2, -0.15) is 0 Å². The Hall–Kier alpha value is -0.110. The van der Waals surface area contributed by atoms with E-state index in [1.54, 1.807) is 6.92 Å². The summed E-state index contributed by atoms with van der Waals surface area (Å²) in [7, 11) is 0. The summed E-state index contributed by atoms with van der Waals surface area (Å²) >= 11 is 0. The largest absolute Gasteiger partial charge is 0.293 e. The van der Waals surface area contributed by atoms with Gasteiger partial charge in [0.05, 0.1) is 0 Å². The average molecular weight is 173 g/mol. The maximum absolute atomic E-state index is 13.6. The molecule has 2 unspecified atom stereocenters. The van der Waals surface area contributed by atoms with Crippen LogP contribution in [0.15, 0.2) is 0 Å². The number of rotatable bonds is 0. The summed E-state index contributed by atoms with van der Waals surface area (Å²) in [5.74, 6) is 0. The Morgan fingerprint density at radius 1 is 1.42 bits per heavy atom. The van der Waals surface area contributed by atoms with Gasteiger partial charge in [0.15, 0.2) is 0 Å². The molecule has 1 aliphatic rings. The molecule has 0 aromatic rings. The molecule has 0 aromatic heterocycles. The first-order valence-electron chi connectivity index (χ1n) is 4.68. The Morgan fingerprint density at radius 3 is 2.08 bits per heavy atom. The minimum Gasteiger partial charge on any atom is -0.293 e. The summed E-state index contributed by atoms with van der Waals surface area (Å²) in [5, 5.41) is 0. The molecule has 1 aliphatic heterocycles. The fourth-order valence-electron chi connectivity index (χ4n) is 2.20. The van der Waals surface area contributed by atoms with Crippen molar-refractivity contribution in [2.45, 2.75) is 58.3 Å². The molecule has 0 N–H and O–H groups in total. The first-order valence-corrected chi connectivity index (χ1v) is 4.68. The van der Waals surface area contributed by atoms with E-state index in [2.05, 4.69) is 32.6 Å². The SMILES string of the molecule is CC1CC(C)(F)CN1C(C)(C)C. The Balaban J connectivity index is 2.71. The van der Waals surface area contributed by atoms with Gasteiger partial charge < -0.3 is 0 Å². The Labute approximate surface area is 74.9 Å². The zero-order chi connectivity index (χ0) is 9.57. The lowest BCUT2D eigenvalue weighted by Gasteiger charge is -2.35. The number of alkyl halides is 1. The van der Waals surface area contributed by atoms with Gasteiger partial charge in [0, 0.05) is 18.1 Å². The van der Waals surface area contributed by atoms with Crippen molar-refractivity contribution in [3.05, 3.63) is 0 Å². The van der Waals surface area contributed by atoms with Gasteiger partial charge in [-0.1, -0.05) is 0 Å². The predicted octanol–water partition coefficient (Wildman–Crippen LogP) is 2.61. The van der Waals surface area contributed by atoms with Crippen molar-refractivity contribution in [1.82, 2.24) is 4.90 Å². The molecule has 1 heterocycles. The van der Waals surface area contributed by atoms with Crippen molar-refractivity contribution in [2.75, 3.05) is 6.54 Å². The quantitative estimate of drug-likeness (QED) is 0.544. The number of hydrogen-bond acceptors (Lipinski definition) is 1. The van der Waals surface area contributed by atoms with Crippen LogP contribution < -0.4 is 0 Å². The summed E-state index contributed by atoms with van der Waals surface area (Å²) in [6, 6.07) is 0.375. The minimum atomic E-state index is -0.979. The molecule has 1 fully saturated rings. The minimum absolute atomic E-state index is 0.100. The number of hydrogen-bond donors (Lipinski definition) is 0. The van der Waals surface area contributed by atoms with Crippen molar-refractivity contribution >= 4 is 0 Å². The lowest BCUT2D eigenvalue weighted by atomic mass is 10.1. The molecule has 2 atom stereocenters. The highest BCUT2D eigenvalue weighted by Crippen LogP contribution is 2.34. The monoisotopic (exact) mass is 173 g/mol. The van der Waals surface area contributed by atoms with E-state index < -0.39 is 5.67 Å². The highest BCUT2D eigenvalue weighted by Gasteiger charge is 2.42. The number of nitrogens with zero attached hydrogens (tertiary/aromatic N) is 1. The average Bonchev–Trinajstić information content (AvgIpc) is 2.03. The molecule has 12 heavy (non-hydrogen) atoms. The molecule has 0 aliphatic carbocycles. The Bertz CT molecular complexity index is 169. The molecule has 0 amide bonds. The van der Waals surface area contributed by atoms with E-state index in [4.69, 9.17) is 0 Å². The molecule has 0 saturated carbocycles. The molecule has 0 bridgehead atoms. The van der Waals surface area contributed by atoms with Crippen LogP contribution in [0.2, 0.25) is 0 Å². The van der Waals surface area contributed by atoms with Crippen LogP contribution in [0, 0.1) is 0 Å². The summed E-state index contributed by atoms with van der Waals surface area (Å²) in [6.07, 6.45) is 0.671. The van der Waals surface area contributed by atoms with Crippen molar-refractivity contribution in [3.8, 4) is 0 Å². The van der Waals surface area contributed by atoms with Crippen LogP contribution in [0.3, 0.4) is 0 Å². The lowest BCUT2D eigenvalue weighted by molar-refractivity contribution is 0.108. The van der Waals surface area contributed by atoms with Crippen molar-refractivity contribution < 1.29 is 4.39 Å². The molecular weight excluding hydrogens is 153 g/mol. The second-order valence-electron chi connectivity index (χ2n) is 5.27. The summed E-state index contributed by atoms with van der Waals surface area (Å²) in [6.45, 7) is 10.8. The maximum atomic E-state index is 13.6. The molecule has 2 heteroatoms. The van der Waals surface area contributed by atoms with Crippen LogP contribution in [-0.2, 0) is 0 Å². The van der Waals surface area contributed by atoms with E-state index in [0.717, 1.165) is 0 Å². The van der Waals surface area contributed by atoms with Crippen LogP contribution in [-0.4, -0.2) is 28.7 Å². The van der Waals surface area contributed by atoms with Crippen LogP contribution in [0.4, 0.5) is 4.39 Å². The van der Waals surface area contributed by atoms with Crippen molar-refractivity contribution in [1.29, 1.82) is 0 Å². The van der Waals surface area contributed by atoms with Gasteiger partial charge in [-0.05, 0) is 41.0 Å². The van der Waals surface area contributed by atoms with E-state index in [0.29, 0.717) is 19.0 Å². The lowest BCUT2D eigenvalue weighted by Crippen LogP contribution is -2.44. The normalized spacial score (nSPS) is 39.0. The highest BCUT2D eigenvalue weighted by atomic mass is 19.1. The third-order valence-corrected chi connectivity index (χ3v) is 2.61. The first kappa shape index (κ1) is 9.97. The van der Waals surface area contributed by atoms with Gasteiger partial charge >= 0.3 is 0 Å². The van der Waals surface area contributed by atoms with Crippen LogP contribution in [0.1, 0.15) is 41.0 Å². The van der Waals surface area contributed by atoms with E-state index in [-0.39, 0.29) is 5.54 Å². The number of likely N-dealkylation sites (tertiary alicyclic amines) is 1. The summed E-state index contributed by atoms with van der Waals surface area (Å²) in [5.41, 5.74) is -0.879. The van der Waals surface area contributed by atoms with E-state index >= 15 is 0 Å². The fourth-order valence-corrected chi connectivity index (χ4v) is 2.20. The van der Waals surface area contributed by atoms with Gasteiger partial charge in [-0.15, -0.1) is 0 Å². The van der Waals surface area contributed by atoms with Crippen LogP contribution in [0.25, 0.3) is 0 Å².